The van der Waals surface area contributed by atoms with Gasteiger partial charge < -0.3 is 5.73 Å². The van der Waals surface area contributed by atoms with E-state index in [-0.39, 0.29) is 12.1 Å². The van der Waals surface area contributed by atoms with Gasteiger partial charge in [-0.2, -0.15) is 0 Å². The van der Waals surface area contributed by atoms with Crippen LogP contribution in [0.25, 0.3) is 0 Å². The van der Waals surface area contributed by atoms with Crippen LogP contribution < -0.4 is 5.73 Å². The Morgan fingerprint density at radius 3 is 2.28 bits per heavy atom. The fourth-order valence-electron chi connectivity index (χ4n) is 2.41. The molecule has 100 valence electrons. The molecule has 1 aromatic rings. The minimum Gasteiger partial charge on any atom is -0.330 e. The van der Waals surface area contributed by atoms with Crippen molar-refractivity contribution in [1.29, 1.82) is 0 Å². The number of hydrogen-bond acceptors (Lipinski definition) is 3. The van der Waals surface area contributed by atoms with Crippen molar-refractivity contribution in [2.45, 2.75) is 29.6 Å². The molecule has 0 aliphatic heterocycles. The maximum absolute atomic E-state index is 14.0. The van der Waals surface area contributed by atoms with Crippen LogP contribution in [-0.2, 0) is 15.3 Å². The molecule has 0 unspecified atom stereocenters. The van der Waals surface area contributed by atoms with Crippen LogP contribution in [-0.4, -0.2) is 21.2 Å². The van der Waals surface area contributed by atoms with E-state index in [0.29, 0.717) is 12.8 Å². The van der Waals surface area contributed by atoms with E-state index in [1.807, 2.05) is 0 Å². The summed E-state index contributed by atoms with van der Waals surface area (Å²) in [6, 6.07) is 1.74. The molecule has 2 N–H and O–H groups in total. The van der Waals surface area contributed by atoms with Crippen molar-refractivity contribution in [2.75, 3.05) is 12.8 Å². The molecule has 6 heteroatoms. The summed E-state index contributed by atoms with van der Waals surface area (Å²) in [7, 11) is -3.76. The molecule has 2 rings (SSSR count). The first-order valence-electron chi connectivity index (χ1n) is 5.70. The summed E-state index contributed by atoms with van der Waals surface area (Å²) >= 11 is 0. The Morgan fingerprint density at radius 2 is 1.89 bits per heavy atom. The lowest BCUT2D eigenvalue weighted by Crippen LogP contribution is -2.42. The first-order valence-corrected chi connectivity index (χ1v) is 7.59. The molecule has 0 radical (unpaired) electrons. The summed E-state index contributed by atoms with van der Waals surface area (Å²) in [6.45, 7) is 0.238. The average molecular weight is 275 g/mol. The first-order chi connectivity index (χ1) is 8.30. The standard InChI is InChI=1S/C12H15F2NO2S/c1-18(16,17)11-6-9(13)8(5-10(11)14)12(7-15)3-2-4-12/h5-6H,2-4,7,15H2,1H3. The van der Waals surface area contributed by atoms with Gasteiger partial charge in [-0.25, -0.2) is 17.2 Å². The highest BCUT2D eigenvalue weighted by Crippen LogP contribution is 2.44. The topological polar surface area (TPSA) is 60.2 Å². The lowest BCUT2D eigenvalue weighted by atomic mass is 9.64. The second-order valence-electron chi connectivity index (χ2n) is 4.87. The fourth-order valence-corrected chi connectivity index (χ4v) is 3.14. The number of hydrogen-bond donors (Lipinski definition) is 1. The molecule has 1 aliphatic carbocycles. The third-order valence-electron chi connectivity index (χ3n) is 3.69. The second kappa shape index (κ2) is 4.28. The van der Waals surface area contributed by atoms with E-state index in [4.69, 9.17) is 5.73 Å². The van der Waals surface area contributed by atoms with Crippen molar-refractivity contribution in [3.8, 4) is 0 Å². The highest BCUT2D eigenvalue weighted by Gasteiger charge is 2.40. The minimum absolute atomic E-state index is 0.196. The van der Waals surface area contributed by atoms with Crippen molar-refractivity contribution in [2.24, 2.45) is 5.73 Å². The molecule has 0 aromatic heterocycles. The fraction of sp³-hybridized carbons (Fsp3) is 0.500. The predicted octanol–water partition coefficient (Wildman–Crippen LogP) is 1.75. The van der Waals surface area contributed by atoms with Crippen LogP contribution in [0.1, 0.15) is 24.8 Å². The lowest BCUT2D eigenvalue weighted by Gasteiger charge is -2.41. The molecule has 3 nitrogen and oxygen atoms in total. The molecular weight excluding hydrogens is 260 g/mol. The van der Waals surface area contributed by atoms with Crippen molar-refractivity contribution in [1.82, 2.24) is 0 Å². The Labute approximate surface area is 105 Å². The summed E-state index contributed by atoms with van der Waals surface area (Å²) in [5.41, 5.74) is 5.30. The Kier molecular flexibility index (Phi) is 3.19. The molecule has 0 bridgehead atoms. The van der Waals surface area contributed by atoms with E-state index >= 15 is 0 Å². The van der Waals surface area contributed by atoms with Gasteiger partial charge in [0.2, 0.25) is 0 Å². The third kappa shape index (κ3) is 2.03. The van der Waals surface area contributed by atoms with E-state index in [2.05, 4.69) is 0 Å². The number of nitrogens with two attached hydrogens (primary N) is 1. The molecule has 1 aromatic carbocycles. The SMILES string of the molecule is CS(=O)(=O)c1cc(F)c(C2(CN)CCC2)cc1F. The van der Waals surface area contributed by atoms with Crippen LogP contribution in [0.4, 0.5) is 8.78 Å². The molecule has 0 amide bonds. The van der Waals surface area contributed by atoms with Gasteiger partial charge in [0.05, 0.1) is 0 Å². The van der Waals surface area contributed by atoms with Gasteiger partial charge in [0, 0.05) is 18.2 Å². The maximum Gasteiger partial charge on any atom is 0.178 e. The minimum atomic E-state index is -3.76. The van der Waals surface area contributed by atoms with Gasteiger partial charge in [-0.15, -0.1) is 0 Å². The van der Waals surface area contributed by atoms with Crippen LogP contribution in [0.3, 0.4) is 0 Å². The molecule has 0 heterocycles. The molecule has 1 saturated carbocycles. The van der Waals surface area contributed by atoms with Crippen molar-refractivity contribution in [3.63, 3.8) is 0 Å². The first kappa shape index (κ1) is 13.4. The van der Waals surface area contributed by atoms with Crippen molar-refractivity contribution >= 4 is 9.84 Å². The van der Waals surface area contributed by atoms with E-state index in [1.165, 1.54) is 0 Å². The van der Waals surface area contributed by atoms with E-state index in [1.54, 1.807) is 0 Å². The number of sulfone groups is 1. The molecule has 0 atom stereocenters. The van der Waals surface area contributed by atoms with Gasteiger partial charge in [0.25, 0.3) is 0 Å². The molecule has 1 fully saturated rings. The molecule has 18 heavy (non-hydrogen) atoms. The number of benzene rings is 1. The predicted molar refractivity (Wildman–Crippen MR) is 64.1 cm³/mol. The zero-order chi connectivity index (χ0) is 13.6. The molecule has 1 aliphatic rings. The molecule has 0 saturated heterocycles. The van der Waals surface area contributed by atoms with E-state index < -0.39 is 31.8 Å². The number of halogens is 2. The Morgan fingerprint density at radius 1 is 1.28 bits per heavy atom. The van der Waals surface area contributed by atoms with Crippen molar-refractivity contribution < 1.29 is 17.2 Å². The van der Waals surface area contributed by atoms with Gasteiger partial charge in [0.15, 0.2) is 9.84 Å². The summed E-state index contributed by atoms with van der Waals surface area (Å²) in [4.78, 5) is -0.602. The quantitative estimate of drug-likeness (QED) is 0.914. The molecular formula is C12H15F2NO2S. The van der Waals surface area contributed by atoms with Gasteiger partial charge >= 0.3 is 0 Å². The highest BCUT2D eigenvalue weighted by molar-refractivity contribution is 7.90. The maximum atomic E-state index is 14.0. The van der Waals surface area contributed by atoms with E-state index in [9.17, 15) is 17.2 Å². The molecule has 0 spiro atoms. The van der Waals surface area contributed by atoms with Crippen LogP contribution in [0.5, 0.6) is 0 Å². The average Bonchev–Trinajstić information content (AvgIpc) is 2.20. The summed E-state index contributed by atoms with van der Waals surface area (Å²) in [5, 5.41) is 0. The van der Waals surface area contributed by atoms with Crippen LogP contribution >= 0.6 is 0 Å². The zero-order valence-corrected chi connectivity index (χ0v) is 10.9. The Bertz CT molecular complexity index is 574. The van der Waals surface area contributed by atoms with Gasteiger partial charge in [-0.05, 0) is 30.5 Å². The summed E-state index contributed by atoms with van der Waals surface area (Å²) < 4.78 is 50.3. The summed E-state index contributed by atoms with van der Waals surface area (Å²) in [5.74, 6) is -1.60. The lowest BCUT2D eigenvalue weighted by molar-refractivity contribution is 0.243. The van der Waals surface area contributed by atoms with Crippen molar-refractivity contribution in [3.05, 3.63) is 29.3 Å². The number of rotatable bonds is 3. The van der Waals surface area contributed by atoms with E-state index in [0.717, 1.165) is 24.8 Å². The Balaban J connectivity index is 2.57. The zero-order valence-electron chi connectivity index (χ0n) is 10.0. The normalized spacial score (nSPS) is 18.4. The van der Waals surface area contributed by atoms with Crippen LogP contribution in [0.2, 0.25) is 0 Å². The van der Waals surface area contributed by atoms with Gasteiger partial charge in [-0.3, -0.25) is 0 Å². The Hall–Kier alpha value is -1.01. The largest absolute Gasteiger partial charge is 0.330 e. The van der Waals surface area contributed by atoms with Crippen LogP contribution in [0.15, 0.2) is 17.0 Å². The smallest absolute Gasteiger partial charge is 0.178 e. The second-order valence-corrected chi connectivity index (χ2v) is 6.86. The highest BCUT2D eigenvalue weighted by atomic mass is 32.2. The summed E-state index contributed by atoms with van der Waals surface area (Å²) in [6.07, 6.45) is 3.19. The third-order valence-corrected chi connectivity index (χ3v) is 4.81. The van der Waals surface area contributed by atoms with Gasteiger partial charge in [-0.1, -0.05) is 6.42 Å². The van der Waals surface area contributed by atoms with Crippen LogP contribution in [0, 0.1) is 11.6 Å². The van der Waals surface area contributed by atoms with Gasteiger partial charge in [0.1, 0.15) is 16.5 Å². The monoisotopic (exact) mass is 275 g/mol.